The average molecular weight is 320 g/mol. The molecule has 1 aromatic carbocycles. The van der Waals surface area contributed by atoms with Gasteiger partial charge in [-0.25, -0.2) is 4.79 Å². The summed E-state index contributed by atoms with van der Waals surface area (Å²) in [4.78, 5) is 14.1. The lowest BCUT2D eigenvalue weighted by Crippen LogP contribution is -2.43. The van der Waals surface area contributed by atoms with E-state index in [4.69, 9.17) is 4.74 Å². The second-order valence-corrected chi connectivity index (χ2v) is 6.42. The van der Waals surface area contributed by atoms with E-state index in [-0.39, 0.29) is 24.7 Å². The maximum absolute atomic E-state index is 12.3. The lowest BCUT2D eigenvalue weighted by atomic mass is 10.00. The molecule has 5 nitrogen and oxygen atoms in total. The fraction of sp³-hybridized carbons (Fsp3) is 0.611. The number of rotatable bonds is 6. The normalized spacial score (nSPS) is 22.0. The Balaban J connectivity index is 1.83. The van der Waals surface area contributed by atoms with Gasteiger partial charge in [-0.15, -0.1) is 0 Å². The Morgan fingerprint density at radius 2 is 2.17 bits per heavy atom. The zero-order valence-corrected chi connectivity index (χ0v) is 14.3. The summed E-state index contributed by atoms with van der Waals surface area (Å²) in [5, 5.41) is 12.3. The number of nitrogens with one attached hydrogen (secondary N) is 1. The van der Waals surface area contributed by atoms with E-state index in [0.717, 1.165) is 17.7 Å². The predicted octanol–water partition coefficient (Wildman–Crippen LogP) is 2.42. The third-order valence-electron chi connectivity index (χ3n) is 4.61. The van der Waals surface area contributed by atoms with Gasteiger partial charge in [0.05, 0.1) is 6.54 Å². The number of benzene rings is 1. The quantitative estimate of drug-likeness (QED) is 0.846. The van der Waals surface area contributed by atoms with Gasteiger partial charge >= 0.3 is 6.03 Å². The van der Waals surface area contributed by atoms with Gasteiger partial charge in [-0.1, -0.05) is 32.0 Å². The van der Waals surface area contributed by atoms with E-state index in [9.17, 15) is 9.90 Å². The summed E-state index contributed by atoms with van der Waals surface area (Å²) >= 11 is 0. The predicted molar refractivity (Wildman–Crippen MR) is 90.6 cm³/mol. The van der Waals surface area contributed by atoms with Crippen molar-refractivity contribution in [2.24, 2.45) is 11.8 Å². The van der Waals surface area contributed by atoms with Gasteiger partial charge in [-0.3, -0.25) is 0 Å². The van der Waals surface area contributed by atoms with Crippen LogP contribution in [0.4, 0.5) is 4.79 Å². The van der Waals surface area contributed by atoms with Crippen molar-refractivity contribution in [3.05, 3.63) is 29.8 Å². The number of para-hydroxylation sites is 1. The van der Waals surface area contributed by atoms with Gasteiger partial charge in [0.15, 0.2) is 0 Å². The van der Waals surface area contributed by atoms with E-state index in [2.05, 4.69) is 19.2 Å². The molecule has 0 unspecified atom stereocenters. The van der Waals surface area contributed by atoms with Gasteiger partial charge in [0.25, 0.3) is 0 Å². The Morgan fingerprint density at radius 3 is 2.78 bits per heavy atom. The molecule has 1 fully saturated rings. The van der Waals surface area contributed by atoms with E-state index in [1.165, 1.54) is 0 Å². The van der Waals surface area contributed by atoms with Crippen LogP contribution in [0.3, 0.4) is 0 Å². The van der Waals surface area contributed by atoms with E-state index >= 15 is 0 Å². The van der Waals surface area contributed by atoms with Crippen molar-refractivity contribution in [1.82, 2.24) is 10.2 Å². The van der Waals surface area contributed by atoms with Crippen molar-refractivity contribution in [3.8, 4) is 5.75 Å². The minimum absolute atomic E-state index is 0.0475. The molecule has 2 amide bonds. The van der Waals surface area contributed by atoms with E-state index in [1.807, 2.05) is 31.2 Å². The summed E-state index contributed by atoms with van der Waals surface area (Å²) in [6.45, 7) is 8.09. The number of urea groups is 1. The number of carbonyl (C=O) groups is 1. The number of likely N-dealkylation sites (tertiary alicyclic amines) is 1. The minimum Gasteiger partial charge on any atom is -0.488 e. The number of amides is 2. The molecule has 128 valence electrons. The Bertz CT molecular complexity index is 521. The van der Waals surface area contributed by atoms with Crippen molar-refractivity contribution in [2.75, 3.05) is 26.2 Å². The fourth-order valence-electron chi connectivity index (χ4n) is 2.89. The van der Waals surface area contributed by atoms with Gasteiger partial charge in [0.2, 0.25) is 0 Å². The highest BCUT2D eigenvalue weighted by atomic mass is 16.5. The topological polar surface area (TPSA) is 61.8 Å². The highest BCUT2D eigenvalue weighted by molar-refractivity contribution is 5.74. The third kappa shape index (κ3) is 4.61. The van der Waals surface area contributed by atoms with E-state index in [1.54, 1.807) is 4.90 Å². The molecular weight excluding hydrogens is 292 g/mol. The number of carbonyl (C=O) groups excluding carboxylic acids is 1. The number of hydrogen-bond donors (Lipinski definition) is 2. The molecular formula is C18H28N2O3. The van der Waals surface area contributed by atoms with Gasteiger partial charge in [-0.2, -0.15) is 0 Å². The maximum atomic E-state index is 12.3. The van der Waals surface area contributed by atoms with Gasteiger partial charge < -0.3 is 20.1 Å². The number of aryl methyl sites for hydroxylation is 1. The molecule has 1 aromatic rings. The lowest BCUT2D eigenvalue weighted by Gasteiger charge is -2.22. The van der Waals surface area contributed by atoms with Crippen LogP contribution in [0.1, 0.15) is 25.8 Å². The molecule has 5 heteroatoms. The van der Waals surface area contributed by atoms with Crippen LogP contribution in [-0.4, -0.2) is 48.4 Å². The fourth-order valence-corrected chi connectivity index (χ4v) is 2.89. The summed E-state index contributed by atoms with van der Waals surface area (Å²) in [7, 11) is 0. The van der Waals surface area contributed by atoms with Crippen LogP contribution in [-0.2, 0) is 0 Å². The van der Waals surface area contributed by atoms with Gasteiger partial charge in [0, 0.05) is 25.6 Å². The molecule has 0 aromatic heterocycles. The van der Waals surface area contributed by atoms with E-state index < -0.39 is 0 Å². The number of aliphatic hydroxyl groups is 1. The molecule has 2 N–H and O–H groups in total. The Hall–Kier alpha value is -1.75. The Labute approximate surface area is 138 Å². The first kappa shape index (κ1) is 17.6. The van der Waals surface area contributed by atoms with Crippen LogP contribution in [0.15, 0.2) is 24.3 Å². The van der Waals surface area contributed by atoms with E-state index in [0.29, 0.717) is 25.6 Å². The molecule has 1 saturated heterocycles. The van der Waals surface area contributed by atoms with Crippen LogP contribution >= 0.6 is 0 Å². The lowest BCUT2D eigenvalue weighted by molar-refractivity contribution is 0.174. The van der Waals surface area contributed by atoms with Crippen molar-refractivity contribution in [2.45, 2.75) is 33.3 Å². The first-order valence-electron chi connectivity index (χ1n) is 8.41. The maximum Gasteiger partial charge on any atom is 0.317 e. The molecule has 0 radical (unpaired) electrons. The molecule has 0 aliphatic carbocycles. The molecule has 2 rings (SSSR count). The first-order valence-corrected chi connectivity index (χ1v) is 8.41. The third-order valence-corrected chi connectivity index (χ3v) is 4.61. The molecule has 1 aliphatic rings. The molecule has 0 spiro atoms. The molecule has 3 atom stereocenters. The van der Waals surface area contributed by atoms with Crippen molar-refractivity contribution in [1.29, 1.82) is 0 Å². The zero-order valence-electron chi connectivity index (χ0n) is 14.3. The number of aliphatic hydroxyl groups excluding tert-OH is 1. The van der Waals surface area contributed by atoms with Gasteiger partial charge in [0.1, 0.15) is 11.9 Å². The monoisotopic (exact) mass is 320 g/mol. The highest BCUT2D eigenvalue weighted by Crippen LogP contribution is 2.22. The summed E-state index contributed by atoms with van der Waals surface area (Å²) < 4.78 is 6.00. The Morgan fingerprint density at radius 1 is 1.43 bits per heavy atom. The summed E-state index contributed by atoms with van der Waals surface area (Å²) in [5.41, 5.74) is 1.09. The first-order chi connectivity index (χ1) is 11.0. The SMILES string of the molecule is CC[C@H](CNC(=O)N1C[C@@H](CO)[C@H](C)C1)Oc1ccccc1C. The van der Waals surface area contributed by atoms with Crippen LogP contribution in [0.2, 0.25) is 0 Å². The van der Waals surface area contributed by atoms with Crippen molar-refractivity contribution < 1.29 is 14.6 Å². The summed E-state index contributed by atoms with van der Waals surface area (Å²) in [6.07, 6.45) is 0.776. The summed E-state index contributed by atoms with van der Waals surface area (Å²) in [5.74, 6) is 1.39. The number of ether oxygens (including phenoxy) is 1. The summed E-state index contributed by atoms with van der Waals surface area (Å²) in [6, 6.07) is 7.83. The molecule has 23 heavy (non-hydrogen) atoms. The second-order valence-electron chi connectivity index (χ2n) is 6.42. The number of nitrogens with zero attached hydrogens (tertiary/aromatic N) is 1. The minimum atomic E-state index is -0.0698. The zero-order chi connectivity index (χ0) is 16.8. The molecule has 1 heterocycles. The van der Waals surface area contributed by atoms with Crippen molar-refractivity contribution in [3.63, 3.8) is 0 Å². The van der Waals surface area contributed by atoms with Crippen molar-refractivity contribution >= 4 is 6.03 Å². The number of hydrogen-bond acceptors (Lipinski definition) is 3. The van der Waals surface area contributed by atoms with Crippen LogP contribution in [0.25, 0.3) is 0 Å². The van der Waals surface area contributed by atoms with Crippen LogP contribution in [0.5, 0.6) is 5.75 Å². The van der Waals surface area contributed by atoms with Gasteiger partial charge in [-0.05, 0) is 30.9 Å². The molecule has 0 saturated carbocycles. The molecule has 1 aliphatic heterocycles. The average Bonchev–Trinajstić information content (AvgIpc) is 2.94. The highest BCUT2D eigenvalue weighted by Gasteiger charge is 2.31. The smallest absolute Gasteiger partial charge is 0.317 e. The largest absolute Gasteiger partial charge is 0.488 e. The second kappa shape index (κ2) is 8.20. The van der Waals surface area contributed by atoms with Crippen LogP contribution < -0.4 is 10.1 Å². The standard InChI is InChI=1S/C18H28N2O3/c1-4-16(23-17-8-6-5-7-13(17)2)9-19-18(22)20-10-14(3)15(11-20)12-21/h5-8,14-16,21H,4,9-12H2,1-3H3,(H,19,22)/t14-,15+,16-/m1/s1. The molecule has 0 bridgehead atoms. The van der Waals surface area contributed by atoms with Crippen LogP contribution in [0, 0.1) is 18.8 Å². The Kier molecular flexibility index (Phi) is 6.28.